The van der Waals surface area contributed by atoms with Gasteiger partial charge in [0.1, 0.15) is 11.4 Å². The highest BCUT2D eigenvalue weighted by Gasteiger charge is 2.14. The fourth-order valence-electron chi connectivity index (χ4n) is 2.12. The van der Waals surface area contributed by atoms with Crippen LogP contribution in [0, 0.1) is 0 Å². The number of thiazole rings is 1. The van der Waals surface area contributed by atoms with Gasteiger partial charge < -0.3 is 20.9 Å². The van der Waals surface area contributed by atoms with Gasteiger partial charge in [-0.1, -0.05) is 12.1 Å². The third-order valence-electron chi connectivity index (χ3n) is 3.21. The zero-order valence-electron chi connectivity index (χ0n) is 14.3. The van der Waals surface area contributed by atoms with Crippen LogP contribution in [0.1, 0.15) is 41.0 Å². The molecule has 1 atom stereocenters. The standard InChI is InChI=1S/C17H23N3O3S.ClH/c1-11(2)23-13-5-3-4-12(8-13)15(21)9-19-17(22)14-10-24-16(20-14)6-7-18;/h3-5,8,10-11,15,21H,6-7,9,18H2,1-2H3,(H,19,22);1H. The molecule has 2 rings (SSSR count). The van der Waals surface area contributed by atoms with Crippen LogP contribution >= 0.6 is 23.7 Å². The number of nitrogens with zero attached hydrogens (tertiary/aromatic N) is 1. The normalized spacial score (nSPS) is 11.7. The van der Waals surface area contributed by atoms with Gasteiger partial charge in [0.2, 0.25) is 0 Å². The van der Waals surface area contributed by atoms with Crippen molar-refractivity contribution in [2.75, 3.05) is 13.1 Å². The van der Waals surface area contributed by atoms with Crippen LogP contribution in [0.4, 0.5) is 0 Å². The average Bonchev–Trinajstić information content (AvgIpc) is 3.01. The maximum atomic E-state index is 12.1. The molecule has 1 aromatic carbocycles. The van der Waals surface area contributed by atoms with E-state index in [1.165, 1.54) is 11.3 Å². The number of nitrogens with one attached hydrogen (secondary N) is 1. The Morgan fingerprint density at radius 1 is 1.44 bits per heavy atom. The first-order valence-corrected chi connectivity index (χ1v) is 8.75. The van der Waals surface area contributed by atoms with E-state index < -0.39 is 6.10 Å². The van der Waals surface area contributed by atoms with Crippen LogP contribution in [0.5, 0.6) is 5.75 Å². The van der Waals surface area contributed by atoms with Crippen molar-refractivity contribution >= 4 is 29.7 Å². The number of ether oxygens (including phenoxy) is 1. The molecule has 0 radical (unpaired) electrons. The van der Waals surface area contributed by atoms with E-state index in [4.69, 9.17) is 10.5 Å². The number of halogens is 1. The topological polar surface area (TPSA) is 97.5 Å². The second-order valence-corrected chi connectivity index (χ2v) is 6.57. The van der Waals surface area contributed by atoms with Crippen LogP contribution in [-0.2, 0) is 6.42 Å². The number of benzene rings is 1. The van der Waals surface area contributed by atoms with Gasteiger partial charge >= 0.3 is 0 Å². The highest BCUT2D eigenvalue weighted by Crippen LogP contribution is 2.20. The predicted octanol–water partition coefficient (Wildman–Crippen LogP) is 2.32. The molecule has 138 valence electrons. The van der Waals surface area contributed by atoms with Crippen molar-refractivity contribution < 1.29 is 14.6 Å². The van der Waals surface area contributed by atoms with E-state index in [1.807, 2.05) is 26.0 Å². The van der Waals surface area contributed by atoms with Crippen molar-refractivity contribution in [2.45, 2.75) is 32.5 Å². The molecule has 25 heavy (non-hydrogen) atoms. The number of aliphatic hydroxyl groups excluding tert-OH is 1. The summed E-state index contributed by atoms with van der Waals surface area (Å²) in [6.07, 6.45) is -0.0975. The minimum Gasteiger partial charge on any atom is -0.491 e. The lowest BCUT2D eigenvalue weighted by molar-refractivity contribution is 0.0912. The van der Waals surface area contributed by atoms with E-state index in [0.717, 1.165) is 5.01 Å². The van der Waals surface area contributed by atoms with Gasteiger partial charge in [-0.2, -0.15) is 0 Å². The monoisotopic (exact) mass is 385 g/mol. The molecule has 0 fully saturated rings. The SMILES string of the molecule is CC(C)Oc1cccc(C(O)CNC(=O)c2csc(CCN)n2)c1.Cl. The van der Waals surface area contributed by atoms with Gasteiger partial charge in [-0.3, -0.25) is 4.79 Å². The third kappa shape index (κ3) is 6.62. The summed E-state index contributed by atoms with van der Waals surface area (Å²) in [6.45, 7) is 4.49. The lowest BCUT2D eigenvalue weighted by atomic mass is 10.1. The molecular weight excluding hydrogens is 362 g/mol. The molecule has 8 heteroatoms. The highest BCUT2D eigenvalue weighted by molar-refractivity contribution is 7.09. The fraction of sp³-hybridized carbons (Fsp3) is 0.412. The van der Waals surface area contributed by atoms with Gasteiger partial charge in [0.15, 0.2) is 0 Å². The van der Waals surface area contributed by atoms with E-state index in [-0.39, 0.29) is 31.0 Å². The Morgan fingerprint density at radius 3 is 2.88 bits per heavy atom. The summed E-state index contributed by atoms with van der Waals surface area (Å²) in [6, 6.07) is 7.23. The van der Waals surface area contributed by atoms with Gasteiger partial charge in [-0.25, -0.2) is 4.98 Å². The first kappa shape index (κ1) is 21.4. The van der Waals surface area contributed by atoms with Crippen molar-refractivity contribution in [1.82, 2.24) is 10.3 Å². The zero-order chi connectivity index (χ0) is 17.5. The quantitative estimate of drug-likeness (QED) is 0.647. The molecule has 4 N–H and O–H groups in total. The van der Waals surface area contributed by atoms with Crippen molar-refractivity contribution in [1.29, 1.82) is 0 Å². The molecule has 0 spiro atoms. The van der Waals surface area contributed by atoms with Gasteiger partial charge in [-0.15, -0.1) is 23.7 Å². The molecule has 0 aliphatic heterocycles. The fourth-order valence-corrected chi connectivity index (χ4v) is 2.91. The van der Waals surface area contributed by atoms with E-state index in [2.05, 4.69) is 10.3 Å². The van der Waals surface area contributed by atoms with Crippen LogP contribution in [0.25, 0.3) is 0 Å². The summed E-state index contributed by atoms with van der Waals surface area (Å²) < 4.78 is 5.61. The molecule has 0 aliphatic rings. The molecule has 2 aromatic rings. The van der Waals surface area contributed by atoms with Gasteiger partial charge in [0.25, 0.3) is 5.91 Å². The number of aliphatic hydroxyl groups is 1. The number of carbonyl (C=O) groups is 1. The smallest absolute Gasteiger partial charge is 0.270 e. The molecule has 6 nitrogen and oxygen atoms in total. The predicted molar refractivity (Wildman–Crippen MR) is 102 cm³/mol. The number of hydrogen-bond acceptors (Lipinski definition) is 6. The number of amides is 1. The molecule has 1 amide bonds. The maximum absolute atomic E-state index is 12.1. The zero-order valence-corrected chi connectivity index (χ0v) is 15.9. The summed E-state index contributed by atoms with van der Waals surface area (Å²) in [4.78, 5) is 16.3. The molecule has 1 aromatic heterocycles. The summed E-state index contributed by atoms with van der Waals surface area (Å²) in [5, 5.41) is 15.5. The minimum atomic E-state index is -0.813. The van der Waals surface area contributed by atoms with Crippen LogP contribution < -0.4 is 15.8 Å². The van der Waals surface area contributed by atoms with Gasteiger partial charge in [-0.05, 0) is 38.1 Å². The number of rotatable bonds is 8. The number of nitrogens with two attached hydrogens (primary N) is 1. The Hall–Kier alpha value is -1.67. The van der Waals surface area contributed by atoms with Crippen molar-refractivity contribution in [3.8, 4) is 5.75 Å². The molecule has 1 heterocycles. The third-order valence-corrected chi connectivity index (χ3v) is 4.12. The van der Waals surface area contributed by atoms with Crippen molar-refractivity contribution in [3.63, 3.8) is 0 Å². The largest absolute Gasteiger partial charge is 0.491 e. The van der Waals surface area contributed by atoms with Crippen LogP contribution in [-0.4, -0.2) is 35.2 Å². The van der Waals surface area contributed by atoms with Crippen molar-refractivity contribution in [2.24, 2.45) is 5.73 Å². The van der Waals surface area contributed by atoms with Crippen molar-refractivity contribution in [3.05, 3.63) is 45.9 Å². The minimum absolute atomic E-state index is 0. The Bertz CT molecular complexity index is 679. The summed E-state index contributed by atoms with van der Waals surface area (Å²) >= 11 is 1.41. The second kappa shape index (κ2) is 10.4. The number of aromatic nitrogens is 1. The molecular formula is C17H24ClN3O3S. The number of hydrogen-bond donors (Lipinski definition) is 3. The van der Waals surface area contributed by atoms with Crippen LogP contribution in [0.2, 0.25) is 0 Å². The van der Waals surface area contributed by atoms with Crippen LogP contribution in [0.3, 0.4) is 0 Å². The van der Waals surface area contributed by atoms with Crippen LogP contribution in [0.15, 0.2) is 29.6 Å². The summed E-state index contributed by atoms with van der Waals surface area (Å²) in [5.41, 5.74) is 6.52. The Morgan fingerprint density at radius 2 is 2.20 bits per heavy atom. The van der Waals surface area contributed by atoms with E-state index >= 15 is 0 Å². The Balaban J connectivity index is 0.00000312. The Kier molecular flexibility index (Phi) is 8.85. The highest BCUT2D eigenvalue weighted by atomic mass is 35.5. The molecule has 0 saturated carbocycles. The summed E-state index contributed by atoms with van der Waals surface area (Å²) in [5.74, 6) is 0.391. The van der Waals surface area contributed by atoms with E-state index in [1.54, 1.807) is 17.5 Å². The maximum Gasteiger partial charge on any atom is 0.270 e. The van der Waals surface area contributed by atoms with E-state index in [0.29, 0.717) is 30.0 Å². The molecule has 0 saturated heterocycles. The second-order valence-electron chi connectivity index (χ2n) is 5.63. The lowest BCUT2D eigenvalue weighted by Crippen LogP contribution is -2.28. The van der Waals surface area contributed by atoms with Gasteiger partial charge in [0, 0.05) is 18.3 Å². The van der Waals surface area contributed by atoms with E-state index in [9.17, 15) is 9.90 Å². The number of carbonyl (C=O) groups excluding carboxylic acids is 1. The summed E-state index contributed by atoms with van der Waals surface area (Å²) in [7, 11) is 0. The first-order valence-electron chi connectivity index (χ1n) is 7.87. The van der Waals surface area contributed by atoms with Gasteiger partial charge in [0.05, 0.1) is 17.2 Å². The average molecular weight is 386 g/mol. The molecule has 0 bridgehead atoms. The molecule has 0 aliphatic carbocycles. The molecule has 1 unspecified atom stereocenters. The lowest BCUT2D eigenvalue weighted by Gasteiger charge is -2.14. The first-order chi connectivity index (χ1) is 11.5. The Labute approximate surface area is 157 Å².